The Morgan fingerprint density at radius 3 is 2.77 bits per heavy atom. The number of hydrogen-bond acceptors (Lipinski definition) is 6. The van der Waals surface area contributed by atoms with Gasteiger partial charge < -0.3 is 9.64 Å². The van der Waals surface area contributed by atoms with Crippen molar-refractivity contribution in [3.05, 3.63) is 57.0 Å². The Hall–Kier alpha value is -3.00. The van der Waals surface area contributed by atoms with Crippen LogP contribution >= 0.6 is 11.3 Å². The van der Waals surface area contributed by atoms with E-state index in [1.807, 2.05) is 0 Å². The summed E-state index contributed by atoms with van der Waals surface area (Å²) in [5.74, 6) is -0.845. The largest absolute Gasteiger partial charge is 0.465 e. The van der Waals surface area contributed by atoms with Crippen LogP contribution in [0.4, 0.5) is 5.69 Å². The molecule has 1 aromatic carbocycles. The van der Waals surface area contributed by atoms with Gasteiger partial charge in [-0.3, -0.25) is 14.2 Å². The lowest BCUT2D eigenvalue weighted by Gasteiger charge is -2.20. The van der Waals surface area contributed by atoms with Gasteiger partial charge in [-0.1, -0.05) is 18.6 Å². The third kappa shape index (κ3) is 3.63. The zero-order chi connectivity index (χ0) is 21.3. The van der Waals surface area contributed by atoms with Crippen LogP contribution in [-0.2, 0) is 28.9 Å². The molecule has 0 saturated carbocycles. The molecule has 30 heavy (non-hydrogen) atoms. The number of likely N-dealkylation sites (N-methyl/N-ethyl adjacent to an activating group) is 1. The van der Waals surface area contributed by atoms with Crippen LogP contribution in [0.1, 0.15) is 40.1 Å². The SMILES string of the molecule is COC(=O)c1ccccc1N(C)C(=O)Cn1cnc2sc3c(c2c1=O)CCCCC3. The van der Waals surface area contributed by atoms with Crippen molar-refractivity contribution in [1.82, 2.24) is 9.55 Å². The summed E-state index contributed by atoms with van der Waals surface area (Å²) >= 11 is 1.59. The van der Waals surface area contributed by atoms with Gasteiger partial charge in [-0.25, -0.2) is 9.78 Å². The van der Waals surface area contributed by atoms with Crippen LogP contribution in [0.15, 0.2) is 35.4 Å². The molecule has 7 nitrogen and oxygen atoms in total. The predicted molar refractivity (Wildman–Crippen MR) is 116 cm³/mol. The molecule has 1 aliphatic rings. The van der Waals surface area contributed by atoms with Gasteiger partial charge in [0.2, 0.25) is 5.91 Å². The van der Waals surface area contributed by atoms with E-state index in [0.29, 0.717) is 16.6 Å². The maximum atomic E-state index is 13.2. The van der Waals surface area contributed by atoms with Gasteiger partial charge in [0.25, 0.3) is 5.56 Å². The van der Waals surface area contributed by atoms with Gasteiger partial charge in [0.15, 0.2) is 0 Å². The number of rotatable bonds is 4. The average molecular weight is 426 g/mol. The highest BCUT2D eigenvalue weighted by atomic mass is 32.1. The van der Waals surface area contributed by atoms with Crippen molar-refractivity contribution in [3.8, 4) is 0 Å². The van der Waals surface area contributed by atoms with E-state index in [0.717, 1.165) is 36.1 Å². The van der Waals surface area contributed by atoms with Crippen LogP contribution in [0.25, 0.3) is 10.2 Å². The van der Waals surface area contributed by atoms with Crippen molar-refractivity contribution >= 4 is 39.1 Å². The van der Waals surface area contributed by atoms with Gasteiger partial charge >= 0.3 is 5.97 Å². The molecule has 2 heterocycles. The van der Waals surface area contributed by atoms with Gasteiger partial charge in [0, 0.05) is 11.9 Å². The van der Waals surface area contributed by atoms with Crippen LogP contribution in [0, 0.1) is 0 Å². The number of amides is 1. The zero-order valence-electron chi connectivity index (χ0n) is 17.0. The van der Waals surface area contributed by atoms with Crippen molar-refractivity contribution in [1.29, 1.82) is 0 Å². The van der Waals surface area contributed by atoms with E-state index in [4.69, 9.17) is 4.74 Å². The summed E-state index contributed by atoms with van der Waals surface area (Å²) in [5.41, 5.74) is 1.65. The number of carbonyl (C=O) groups excluding carboxylic acids is 2. The number of para-hydroxylation sites is 1. The van der Waals surface area contributed by atoms with E-state index in [9.17, 15) is 14.4 Å². The number of aryl methyl sites for hydroxylation is 2. The summed E-state index contributed by atoms with van der Waals surface area (Å²) in [6.07, 6.45) is 6.69. The minimum atomic E-state index is -0.522. The lowest BCUT2D eigenvalue weighted by atomic mass is 10.1. The number of nitrogens with zero attached hydrogens (tertiary/aromatic N) is 3. The molecule has 0 radical (unpaired) electrons. The Morgan fingerprint density at radius 2 is 1.97 bits per heavy atom. The van der Waals surface area contributed by atoms with Crippen LogP contribution in [0.3, 0.4) is 0 Å². The van der Waals surface area contributed by atoms with Gasteiger partial charge in [0.05, 0.1) is 30.1 Å². The van der Waals surface area contributed by atoms with E-state index in [2.05, 4.69) is 4.98 Å². The van der Waals surface area contributed by atoms with E-state index < -0.39 is 5.97 Å². The first kappa shape index (κ1) is 20.3. The Morgan fingerprint density at radius 1 is 1.20 bits per heavy atom. The summed E-state index contributed by atoms with van der Waals surface area (Å²) in [4.78, 5) is 46.0. The normalized spacial score (nSPS) is 13.5. The molecule has 0 atom stereocenters. The fourth-order valence-corrected chi connectivity index (χ4v) is 5.12. The van der Waals surface area contributed by atoms with Crippen molar-refractivity contribution in [3.63, 3.8) is 0 Å². The second-order valence-electron chi connectivity index (χ2n) is 7.38. The second kappa shape index (κ2) is 8.39. The van der Waals surface area contributed by atoms with E-state index in [1.165, 1.54) is 34.2 Å². The van der Waals surface area contributed by atoms with Crippen molar-refractivity contribution < 1.29 is 14.3 Å². The Bertz CT molecular complexity index is 1180. The number of esters is 1. The third-order valence-electron chi connectivity index (χ3n) is 5.54. The number of aromatic nitrogens is 2. The quantitative estimate of drug-likeness (QED) is 0.474. The van der Waals surface area contributed by atoms with Gasteiger partial charge in [-0.05, 0) is 43.4 Å². The topological polar surface area (TPSA) is 81.5 Å². The number of benzene rings is 1. The van der Waals surface area contributed by atoms with E-state index >= 15 is 0 Å². The van der Waals surface area contributed by atoms with Crippen molar-refractivity contribution in [2.45, 2.75) is 38.6 Å². The lowest BCUT2D eigenvalue weighted by Crippen LogP contribution is -2.35. The fraction of sp³-hybridized carbons (Fsp3) is 0.364. The number of carbonyl (C=O) groups is 2. The molecule has 0 N–H and O–H groups in total. The molecule has 156 valence electrons. The maximum absolute atomic E-state index is 13.2. The summed E-state index contributed by atoms with van der Waals surface area (Å²) in [6, 6.07) is 6.73. The molecule has 8 heteroatoms. The number of thiophene rings is 1. The monoisotopic (exact) mass is 425 g/mol. The van der Waals surface area contributed by atoms with Crippen LogP contribution < -0.4 is 10.5 Å². The molecule has 0 unspecified atom stereocenters. The highest BCUT2D eigenvalue weighted by Crippen LogP contribution is 2.32. The summed E-state index contributed by atoms with van der Waals surface area (Å²) < 4.78 is 6.17. The van der Waals surface area contributed by atoms with Crippen molar-refractivity contribution in [2.75, 3.05) is 19.1 Å². The number of fused-ring (bicyclic) bond motifs is 3. The predicted octanol–water partition coefficient (Wildman–Crippen LogP) is 3.18. The number of methoxy groups -OCH3 is 1. The van der Waals surface area contributed by atoms with Crippen LogP contribution in [0.2, 0.25) is 0 Å². The second-order valence-corrected chi connectivity index (χ2v) is 8.47. The molecule has 0 saturated heterocycles. The Labute approximate surface area is 177 Å². The molecule has 0 fully saturated rings. The zero-order valence-corrected chi connectivity index (χ0v) is 17.8. The number of ether oxygens (including phenoxy) is 1. The molecule has 1 aliphatic carbocycles. The minimum absolute atomic E-state index is 0.154. The van der Waals surface area contributed by atoms with Crippen molar-refractivity contribution in [2.24, 2.45) is 0 Å². The average Bonchev–Trinajstić information content (AvgIpc) is 2.96. The summed E-state index contributed by atoms with van der Waals surface area (Å²) in [7, 11) is 2.88. The molecular weight excluding hydrogens is 402 g/mol. The summed E-state index contributed by atoms with van der Waals surface area (Å²) in [5, 5.41) is 0.657. The smallest absolute Gasteiger partial charge is 0.339 e. The van der Waals surface area contributed by atoms with Gasteiger partial charge in [0.1, 0.15) is 11.4 Å². The molecule has 2 aromatic heterocycles. The van der Waals surface area contributed by atoms with E-state index in [-0.39, 0.29) is 18.0 Å². The highest BCUT2D eigenvalue weighted by molar-refractivity contribution is 7.18. The number of hydrogen-bond donors (Lipinski definition) is 0. The van der Waals surface area contributed by atoms with E-state index in [1.54, 1.807) is 42.6 Å². The third-order valence-corrected chi connectivity index (χ3v) is 6.74. The Kier molecular flexibility index (Phi) is 5.67. The molecule has 4 rings (SSSR count). The van der Waals surface area contributed by atoms with Gasteiger partial charge in [-0.15, -0.1) is 11.3 Å². The highest BCUT2D eigenvalue weighted by Gasteiger charge is 2.22. The first-order valence-corrected chi connectivity index (χ1v) is 10.8. The molecule has 1 amide bonds. The first-order valence-electron chi connectivity index (χ1n) is 9.95. The molecular formula is C22H23N3O4S. The molecule has 3 aromatic rings. The fourth-order valence-electron chi connectivity index (χ4n) is 3.91. The number of anilines is 1. The van der Waals surface area contributed by atoms with Gasteiger partial charge in [-0.2, -0.15) is 0 Å². The lowest BCUT2D eigenvalue weighted by molar-refractivity contribution is -0.118. The minimum Gasteiger partial charge on any atom is -0.465 e. The summed E-state index contributed by atoms with van der Waals surface area (Å²) in [6.45, 7) is -0.154. The van der Waals surface area contributed by atoms with Crippen LogP contribution in [-0.4, -0.2) is 35.6 Å². The molecule has 0 bridgehead atoms. The molecule has 0 spiro atoms. The first-order chi connectivity index (χ1) is 14.5. The maximum Gasteiger partial charge on any atom is 0.339 e. The molecule has 0 aliphatic heterocycles. The standard InChI is InChI=1S/C22H23N3O4S/c1-24(16-10-7-6-8-14(16)22(28)29-2)18(26)12-25-13-23-20-19(21(25)27)15-9-4-3-5-11-17(15)30-20/h6-8,10,13H,3-5,9,11-12H2,1-2H3. The van der Waals surface area contributed by atoms with Crippen LogP contribution in [0.5, 0.6) is 0 Å². The Balaban J connectivity index is 1.66.